The summed E-state index contributed by atoms with van der Waals surface area (Å²) in [5, 5.41) is 9.03. The third-order valence-corrected chi connectivity index (χ3v) is 6.81. The van der Waals surface area contributed by atoms with Crippen LogP contribution in [0.4, 0.5) is 0 Å². The fraction of sp³-hybridized carbons (Fsp3) is 0.0500. The summed E-state index contributed by atoms with van der Waals surface area (Å²) >= 11 is 1.40. The third kappa shape index (κ3) is 3.99. The SMILES string of the molecule is O=C(NO)[C@@H](NS(=O)(=O)c1ccc2c(c1)Sc1ccccc1O2)c1ccccc1. The minimum absolute atomic E-state index is 0.0154. The van der Waals surface area contributed by atoms with Crippen molar-refractivity contribution in [2.75, 3.05) is 0 Å². The standard InChI is InChI=1S/C20H16N2O5S2/c23-20(21-24)19(13-6-2-1-3-7-13)22-29(25,26)14-10-11-16-18(12-14)28-17-9-5-4-8-15(17)27-16/h1-12,19,22,24H,(H,21,23)/t19-/m0/s1. The lowest BCUT2D eigenvalue weighted by molar-refractivity contribution is -0.131. The molecule has 0 saturated heterocycles. The van der Waals surface area contributed by atoms with Gasteiger partial charge >= 0.3 is 0 Å². The Kier molecular flexibility index (Phi) is 5.29. The van der Waals surface area contributed by atoms with Gasteiger partial charge in [0, 0.05) is 0 Å². The van der Waals surface area contributed by atoms with E-state index in [2.05, 4.69) is 4.72 Å². The quantitative estimate of drug-likeness (QED) is 0.332. The fourth-order valence-corrected chi connectivity index (χ4v) is 5.16. The van der Waals surface area contributed by atoms with Crippen LogP contribution in [0.1, 0.15) is 11.6 Å². The van der Waals surface area contributed by atoms with Crippen molar-refractivity contribution >= 4 is 27.7 Å². The van der Waals surface area contributed by atoms with E-state index in [1.165, 1.54) is 29.4 Å². The largest absolute Gasteiger partial charge is 0.455 e. The number of fused-ring (bicyclic) bond motifs is 2. The molecule has 9 heteroatoms. The molecule has 3 aromatic carbocycles. The summed E-state index contributed by atoms with van der Waals surface area (Å²) < 4.78 is 34.1. The number of hydrogen-bond donors (Lipinski definition) is 3. The number of carbonyl (C=O) groups is 1. The normalized spacial score (nSPS) is 13.6. The first kappa shape index (κ1) is 19.5. The van der Waals surface area contributed by atoms with E-state index in [1.54, 1.807) is 36.4 Å². The molecule has 0 fully saturated rings. The van der Waals surface area contributed by atoms with Crippen LogP contribution in [-0.4, -0.2) is 19.5 Å². The average Bonchev–Trinajstić information content (AvgIpc) is 2.75. The minimum atomic E-state index is -4.06. The number of benzene rings is 3. The fourth-order valence-electron chi connectivity index (χ4n) is 2.88. The molecule has 1 aliphatic heterocycles. The Morgan fingerprint density at radius 2 is 1.62 bits per heavy atom. The van der Waals surface area contributed by atoms with Gasteiger partial charge in [-0.1, -0.05) is 54.2 Å². The van der Waals surface area contributed by atoms with E-state index in [-0.39, 0.29) is 4.90 Å². The highest BCUT2D eigenvalue weighted by Gasteiger charge is 2.28. The van der Waals surface area contributed by atoms with Gasteiger partial charge < -0.3 is 4.74 Å². The molecule has 148 valence electrons. The second kappa shape index (κ2) is 7.88. The van der Waals surface area contributed by atoms with Crippen LogP contribution in [0.3, 0.4) is 0 Å². The molecular formula is C20H16N2O5S2. The zero-order valence-corrected chi connectivity index (χ0v) is 16.5. The number of rotatable bonds is 5. The maximum atomic E-state index is 12.9. The molecule has 0 unspecified atom stereocenters. The molecule has 0 saturated carbocycles. The summed E-state index contributed by atoms with van der Waals surface area (Å²) in [6, 6.07) is 18.9. The molecule has 0 aliphatic carbocycles. The van der Waals surface area contributed by atoms with E-state index in [4.69, 9.17) is 9.94 Å². The molecule has 1 atom stereocenters. The summed E-state index contributed by atoms with van der Waals surface area (Å²) in [4.78, 5) is 13.6. The smallest absolute Gasteiger partial charge is 0.266 e. The molecule has 0 aromatic heterocycles. The van der Waals surface area contributed by atoms with Gasteiger partial charge in [-0.15, -0.1) is 0 Å². The number of para-hydroxylation sites is 1. The van der Waals surface area contributed by atoms with Crippen molar-refractivity contribution in [3.8, 4) is 11.5 Å². The van der Waals surface area contributed by atoms with Gasteiger partial charge in [0.2, 0.25) is 10.0 Å². The number of hydroxylamine groups is 1. The van der Waals surface area contributed by atoms with E-state index >= 15 is 0 Å². The molecule has 0 spiro atoms. The van der Waals surface area contributed by atoms with Crippen molar-refractivity contribution in [1.82, 2.24) is 10.2 Å². The van der Waals surface area contributed by atoms with Crippen LogP contribution in [0.2, 0.25) is 0 Å². The van der Waals surface area contributed by atoms with Crippen LogP contribution >= 0.6 is 11.8 Å². The number of carbonyl (C=O) groups excluding carboxylic acids is 1. The van der Waals surface area contributed by atoms with Crippen molar-refractivity contribution in [1.29, 1.82) is 0 Å². The molecule has 3 N–H and O–H groups in total. The van der Waals surface area contributed by atoms with Gasteiger partial charge in [-0.25, -0.2) is 13.9 Å². The predicted molar refractivity (Wildman–Crippen MR) is 107 cm³/mol. The number of sulfonamides is 1. The van der Waals surface area contributed by atoms with Gasteiger partial charge in [-0.3, -0.25) is 10.0 Å². The second-order valence-corrected chi connectivity index (χ2v) is 9.00. The van der Waals surface area contributed by atoms with Gasteiger partial charge in [0.1, 0.15) is 17.5 Å². The Morgan fingerprint density at radius 3 is 2.38 bits per heavy atom. The van der Waals surface area contributed by atoms with Gasteiger partial charge in [0.25, 0.3) is 5.91 Å². The molecular weight excluding hydrogens is 412 g/mol. The van der Waals surface area contributed by atoms with Gasteiger partial charge in [-0.05, 0) is 35.9 Å². The van der Waals surface area contributed by atoms with Crippen LogP contribution in [0.25, 0.3) is 0 Å². The van der Waals surface area contributed by atoms with Crippen molar-refractivity contribution in [2.24, 2.45) is 0 Å². The second-order valence-electron chi connectivity index (χ2n) is 6.20. The average molecular weight is 428 g/mol. The number of amides is 1. The summed E-state index contributed by atoms with van der Waals surface area (Å²) in [6.45, 7) is 0. The highest BCUT2D eigenvalue weighted by molar-refractivity contribution is 7.99. The molecule has 1 heterocycles. The van der Waals surface area contributed by atoms with Gasteiger partial charge in [0.05, 0.1) is 14.7 Å². The first-order chi connectivity index (χ1) is 14.0. The Morgan fingerprint density at radius 1 is 0.931 bits per heavy atom. The molecule has 3 aromatic rings. The number of ether oxygens (including phenoxy) is 1. The van der Waals surface area contributed by atoms with E-state index in [0.29, 0.717) is 22.0 Å². The Balaban J connectivity index is 1.65. The molecule has 1 amide bonds. The molecule has 29 heavy (non-hydrogen) atoms. The lowest BCUT2D eigenvalue weighted by Crippen LogP contribution is -2.39. The van der Waals surface area contributed by atoms with Crippen LogP contribution in [0.5, 0.6) is 11.5 Å². The Hall–Kier alpha value is -2.85. The zero-order chi connectivity index (χ0) is 20.4. The van der Waals surface area contributed by atoms with Crippen molar-refractivity contribution < 1.29 is 23.2 Å². The van der Waals surface area contributed by atoms with Crippen LogP contribution in [0.15, 0.2) is 87.5 Å². The topological polar surface area (TPSA) is 105 Å². The molecule has 4 rings (SSSR count). The number of nitrogens with one attached hydrogen (secondary N) is 2. The van der Waals surface area contributed by atoms with Gasteiger partial charge in [0.15, 0.2) is 0 Å². The van der Waals surface area contributed by atoms with E-state index < -0.39 is 22.0 Å². The maximum absolute atomic E-state index is 12.9. The molecule has 0 radical (unpaired) electrons. The van der Waals surface area contributed by atoms with Crippen LogP contribution in [0, 0.1) is 0 Å². The summed E-state index contributed by atoms with van der Waals surface area (Å²) in [5.41, 5.74) is 1.90. The Bertz CT molecular complexity index is 1170. The van der Waals surface area contributed by atoms with Crippen LogP contribution in [-0.2, 0) is 14.8 Å². The Labute approximate surface area is 171 Å². The predicted octanol–water partition coefficient (Wildman–Crippen LogP) is 3.47. The van der Waals surface area contributed by atoms with Crippen molar-refractivity contribution in [3.05, 3.63) is 78.4 Å². The van der Waals surface area contributed by atoms with E-state index in [9.17, 15) is 13.2 Å². The monoisotopic (exact) mass is 428 g/mol. The summed E-state index contributed by atoms with van der Waals surface area (Å²) in [6.07, 6.45) is 0. The highest BCUT2D eigenvalue weighted by Crippen LogP contribution is 2.47. The van der Waals surface area contributed by atoms with Crippen molar-refractivity contribution in [2.45, 2.75) is 20.7 Å². The first-order valence-corrected chi connectivity index (χ1v) is 10.9. The minimum Gasteiger partial charge on any atom is -0.455 e. The third-order valence-electron chi connectivity index (χ3n) is 4.29. The first-order valence-electron chi connectivity index (χ1n) is 8.58. The lowest BCUT2D eigenvalue weighted by atomic mass is 10.1. The maximum Gasteiger partial charge on any atom is 0.266 e. The number of hydrogen-bond acceptors (Lipinski definition) is 6. The molecule has 0 bridgehead atoms. The molecule has 1 aliphatic rings. The lowest BCUT2D eigenvalue weighted by Gasteiger charge is -2.21. The van der Waals surface area contributed by atoms with Crippen LogP contribution < -0.4 is 14.9 Å². The van der Waals surface area contributed by atoms with E-state index in [1.807, 2.05) is 24.3 Å². The van der Waals surface area contributed by atoms with Gasteiger partial charge in [-0.2, -0.15) is 4.72 Å². The van der Waals surface area contributed by atoms with Crippen molar-refractivity contribution in [3.63, 3.8) is 0 Å². The highest BCUT2D eigenvalue weighted by atomic mass is 32.2. The summed E-state index contributed by atoms with van der Waals surface area (Å²) in [7, 11) is -4.06. The molecule has 7 nitrogen and oxygen atoms in total. The summed E-state index contributed by atoms with van der Waals surface area (Å²) in [5.74, 6) is 0.382. The zero-order valence-electron chi connectivity index (χ0n) is 14.9. The van der Waals surface area contributed by atoms with E-state index in [0.717, 1.165) is 4.90 Å².